The molecule has 1 atom stereocenters. The van der Waals surface area contributed by atoms with Gasteiger partial charge in [-0.1, -0.05) is 6.07 Å². The number of methoxy groups -OCH3 is 1. The van der Waals surface area contributed by atoms with E-state index in [9.17, 15) is 9.59 Å². The Kier molecular flexibility index (Phi) is 6.88. The summed E-state index contributed by atoms with van der Waals surface area (Å²) in [6.45, 7) is 6.22. The molecular formula is C21H31N3O4. The first-order valence-corrected chi connectivity index (χ1v) is 10.2. The normalized spacial score (nSPS) is 18.3. The Balaban J connectivity index is 1.70. The standard InChI is InChI=1S/C21H31N3O4/c1-14(16-8-11-28-12-9-16)23-21(26)24-10-4-5-18-13-17(6-7-19(25)27-3)15(2)22-20(18)24/h13-14,16H,4-12H2,1-3H3,(H,23,26)/t14-/m0/s1. The number of carbonyl (C=O) groups is 2. The maximum absolute atomic E-state index is 12.9. The predicted octanol–water partition coefficient (Wildman–Crippen LogP) is 2.77. The third-order valence-corrected chi connectivity index (χ3v) is 5.85. The summed E-state index contributed by atoms with van der Waals surface area (Å²) in [5.41, 5.74) is 2.98. The number of pyridine rings is 1. The number of anilines is 1. The van der Waals surface area contributed by atoms with Crippen molar-refractivity contribution < 1.29 is 19.1 Å². The number of urea groups is 1. The Morgan fingerprint density at radius 2 is 2.14 bits per heavy atom. The lowest BCUT2D eigenvalue weighted by Gasteiger charge is -2.33. The van der Waals surface area contributed by atoms with Crippen molar-refractivity contribution in [2.75, 3.05) is 31.8 Å². The quantitative estimate of drug-likeness (QED) is 0.783. The summed E-state index contributed by atoms with van der Waals surface area (Å²) in [5.74, 6) is 0.986. The van der Waals surface area contributed by atoms with Gasteiger partial charge in [-0.05, 0) is 63.0 Å². The molecule has 0 spiro atoms. The van der Waals surface area contributed by atoms with Gasteiger partial charge in [-0.25, -0.2) is 9.78 Å². The summed E-state index contributed by atoms with van der Waals surface area (Å²) in [5, 5.41) is 3.17. The zero-order valence-electron chi connectivity index (χ0n) is 17.1. The van der Waals surface area contributed by atoms with Crippen molar-refractivity contribution in [2.24, 2.45) is 5.92 Å². The highest BCUT2D eigenvalue weighted by molar-refractivity contribution is 5.92. The third-order valence-electron chi connectivity index (χ3n) is 5.85. The largest absolute Gasteiger partial charge is 0.469 e. The molecule has 2 aliphatic rings. The number of rotatable bonds is 5. The molecule has 2 aliphatic heterocycles. The average molecular weight is 389 g/mol. The van der Waals surface area contributed by atoms with Gasteiger partial charge in [0.05, 0.1) is 7.11 Å². The van der Waals surface area contributed by atoms with E-state index in [-0.39, 0.29) is 18.0 Å². The number of carbonyl (C=O) groups excluding carboxylic acids is 2. The number of ether oxygens (including phenoxy) is 2. The Hall–Kier alpha value is -2.15. The molecule has 2 amide bonds. The SMILES string of the molecule is COC(=O)CCc1cc2c(nc1C)N(C(=O)N[C@@H](C)C1CCOCC1)CCC2. The first kappa shape index (κ1) is 20.6. The topological polar surface area (TPSA) is 80.8 Å². The first-order chi connectivity index (χ1) is 13.5. The molecule has 3 rings (SSSR count). The zero-order valence-corrected chi connectivity index (χ0v) is 17.1. The summed E-state index contributed by atoms with van der Waals surface area (Å²) in [4.78, 5) is 30.9. The highest BCUT2D eigenvalue weighted by atomic mass is 16.5. The summed E-state index contributed by atoms with van der Waals surface area (Å²) in [6.07, 6.45) is 4.72. The van der Waals surface area contributed by atoms with E-state index >= 15 is 0 Å². The van der Waals surface area contributed by atoms with Gasteiger partial charge in [0, 0.05) is 37.9 Å². The minimum absolute atomic E-state index is 0.0749. The van der Waals surface area contributed by atoms with Crippen molar-refractivity contribution in [3.05, 3.63) is 22.9 Å². The van der Waals surface area contributed by atoms with Crippen LogP contribution in [-0.4, -0.2) is 49.9 Å². The molecule has 1 N–H and O–H groups in total. The van der Waals surface area contributed by atoms with Crippen LogP contribution in [0.1, 0.15) is 49.4 Å². The van der Waals surface area contributed by atoms with Crippen LogP contribution in [0.3, 0.4) is 0 Å². The number of esters is 1. The molecule has 0 radical (unpaired) electrons. The smallest absolute Gasteiger partial charge is 0.323 e. The van der Waals surface area contributed by atoms with Crippen LogP contribution >= 0.6 is 0 Å². The second-order valence-electron chi connectivity index (χ2n) is 7.73. The summed E-state index contributed by atoms with van der Waals surface area (Å²) >= 11 is 0. The van der Waals surface area contributed by atoms with E-state index in [0.29, 0.717) is 25.3 Å². The van der Waals surface area contributed by atoms with Crippen LogP contribution in [-0.2, 0) is 27.1 Å². The fraction of sp³-hybridized carbons (Fsp3) is 0.667. The van der Waals surface area contributed by atoms with E-state index in [4.69, 9.17) is 14.5 Å². The average Bonchev–Trinajstić information content (AvgIpc) is 2.72. The molecular weight excluding hydrogens is 358 g/mol. The molecule has 1 aromatic heterocycles. The van der Waals surface area contributed by atoms with Crippen molar-refractivity contribution in [2.45, 2.75) is 58.4 Å². The Bertz CT molecular complexity index is 716. The van der Waals surface area contributed by atoms with E-state index in [1.165, 1.54) is 7.11 Å². The minimum Gasteiger partial charge on any atom is -0.469 e. The van der Waals surface area contributed by atoms with Crippen molar-refractivity contribution in [1.29, 1.82) is 0 Å². The van der Waals surface area contributed by atoms with Crippen molar-refractivity contribution in [3.63, 3.8) is 0 Å². The molecule has 0 aliphatic carbocycles. The molecule has 7 heteroatoms. The van der Waals surface area contributed by atoms with Gasteiger partial charge in [-0.15, -0.1) is 0 Å². The van der Waals surface area contributed by atoms with Gasteiger partial charge < -0.3 is 14.8 Å². The second kappa shape index (κ2) is 9.37. The molecule has 1 saturated heterocycles. The van der Waals surface area contributed by atoms with E-state index in [2.05, 4.69) is 18.3 Å². The Labute approximate surface area is 166 Å². The molecule has 1 aromatic rings. The predicted molar refractivity (Wildman–Crippen MR) is 107 cm³/mol. The minimum atomic E-state index is -0.222. The summed E-state index contributed by atoms with van der Waals surface area (Å²) in [7, 11) is 1.40. The third kappa shape index (κ3) is 4.82. The highest BCUT2D eigenvalue weighted by Crippen LogP contribution is 2.28. The fourth-order valence-electron chi connectivity index (χ4n) is 4.03. The van der Waals surface area contributed by atoms with Crippen LogP contribution in [0.4, 0.5) is 10.6 Å². The molecule has 1 fully saturated rings. The van der Waals surface area contributed by atoms with Crippen LogP contribution in [0, 0.1) is 12.8 Å². The lowest BCUT2D eigenvalue weighted by Crippen LogP contribution is -2.49. The van der Waals surface area contributed by atoms with E-state index in [1.54, 1.807) is 4.90 Å². The van der Waals surface area contributed by atoms with Gasteiger partial charge in [-0.2, -0.15) is 0 Å². The fourth-order valence-corrected chi connectivity index (χ4v) is 4.03. The van der Waals surface area contributed by atoms with Gasteiger partial charge in [0.25, 0.3) is 0 Å². The molecule has 7 nitrogen and oxygen atoms in total. The number of hydrogen-bond acceptors (Lipinski definition) is 5. The highest BCUT2D eigenvalue weighted by Gasteiger charge is 2.28. The Morgan fingerprint density at radius 1 is 1.39 bits per heavy atom. The summed E-state index contributed by atoms with van der Waals surface area (Å²) in [6, 6.07) is 2.14. The maximum atomic E-state index is 12.9. The van der Waals surface area contributed by atoms with Gasteiger partial charge in [0.2, 0.25) is 0 Å². The molecule has 0 aromatic carbocycles. The van der Waals surface area contributed by atoms with Gasteiger partial charge in [0.1, 0.15) is 5.82 Å². The molecule has 3 heterocycles. The van der Waals surface area contributed by atoms with Crippen molar-refractivity contribution >= 4 is 17.8 Å². The number of amides is 2. The van der Waals surface area contributed by atoms with Crippen LogP contribution in [0.5, 0.6) is 0 Å². The van der Waals surface area contributed by atoms with Crippen LogP contribution < -0.4 is 10.2 Å². The summed E-state index contributed by atoms with van der Waals surface area (Å²) < 4.78 is 10.2. The van der Waals surface area contributed by atoms with Crippen molar-refractivity contribution in [3.8, 4) is 0 Å². The number of hydrogen-bond donors (Lipinski definition) is 1. The van der Waals surface area contributed by atoms with E-state index in [1.807, 2.05) is 6.92 Å². The number of nitrogens with one attached hydrogen (secondary N) is 1. The molecule has 154 valence electrons. The molecule has 0 saturated carbocycles. The number of aromatic nitrogens is 1. The first-order valence-electron chi connectivity index (χ1n) is 10.2. The lowest BCUT2D eigenvalue weighted by atomic mass is 9.93. The van der Waals surface area contributed by atoms with Crippen LogP contribution in [0.25, 0.3) is 0 Å². The van der Waals surface area contributed by atoms with Crippen LogP contribution in [0.2, 0.25) is 0 Å². The van der Waals surface area contributed by atoms with E-state index < -0.39 is 0 Å². The molecule has 0 bridgehead atoms. The molecule has 28 heavy (non-hydrogen) atoms. The van der Waals surface area contributed by atoms with Gasteiger partial charge >= 0.3 is 12.0 Å². The molecule has 0 unspecified atom stereocenters. The number of aryl methyl sites for hydroxylation is 3. The van der Waals surface area contributed by atoms with E-state index in [0.717, 1.165) is 61.5 Å². The number of nitrogens with zero attached hydrogens (tertiary/aromatic N) is 2. The zero-order chi connectivity index (χ0) is 20.1. The monoisotopic (exact) mass is 389 g/mol. The van der Waals surface area contributed by atoms with Gasteiger partial charge in [0.15, 0.2) is 0 Å². The second-order valence-corrected chi connectivity index (χ2v) is 7.73. The van der Waals surface area contributed by atoms with Gasteiger partial charge in [-0.3, -0.25) is 9.69 Å². The number of fused-ring (bicyclic) bond motifs is 1. The lowest BCUT2D eigenvalue weighted by molar-refractivity contribution is -0.140. The van der Waals surface area contributed by atoms with Crippen LogP contribution in [0.15, 0.2) is 6.07 Å². The van der Waals surface area contributed by atoms with Crippen molar-refractivity contribution in [1.82, 2.24) is 10.3 Å². The maximum Gasteiger partial charge on any atom is 0.323 e. The Morgan fingerprint density at radius 3 is 2.86 bits per heavy atom.